The highest BCUT2D eigenvalue weighted by Gasteiger charge is 2.48. The van der Waals surface area contributed by atoms with Crippen LogP contribution >= 0.6 is 72.3 Å². The molecule has 4 atom stereocenters. The molecule has 2 aliphatic heterocycles. The molecule has 1 aromatic carbocycles. The van der Waals surface area contributed by atoms with Crippen LogP contribution in [-0.4, -0.2) is 32.0 Å². The van der Waals surface area contributed by atoms with Gasteiger partial charge in [0, 0.05) is 90.8 Å². The summed E-state index contributed by atoms with van der Waals surface area (Å²) in [6.07, 6.45) is 5.09. The summed E-state index contributed by atoms with van der Waals surface area (Å²) in [4.78, 5) is 17.3. The molecule has 2 fully saturated rings. The Labute approximate surface area is 203 Å². The van der Waals surface area contributed by atoms with Crippen molar-refractivity contribution in [2.75, 3.05) is 6.54 Å². The largest absolute Gasteiger partial charge is 0.299 e. The van der Waals surface area contributed by atoms with E-state index < -0.39 is 0 Å². The van der Waals surface area contributed by atoms with Gasteiger partial charge in [-0.25, -0.2) is 8.61 Å². The van der Waals surface area contributed by atoms with E-state index in [-0.39, 0.29) is 24.0 Å². The minimum Gasteiger partial charge on any atom is -0.299 e. The molecule has 148 valence electrons. The van der Waals surface area contributed by atoms with E-state index in [9.17, 15) is 4.79 Å². The van der Waals surface area contributed by atoms with Gasteiger partial charge < -0.3 is 0 Å². The molecule has 9 heteroatoms. The molecule has 1 aromatic heterocycles. The second-order valence-electron chi connectivity index (χ2n) is 7.04. The van der Waals surface area contributed by atoms with E-state index >= 15 is 0 Å². The zero-order valence-electron chi connectivity index (χ0n) is 14.7. The Kier molecular flexibility index (Phi) is 7.49. The highest BCUT2D eigenvalue weighted by Crippen LogP contribution is 2.50. The summed E-state index contributed by atoms with van der Waals surface area (Å²) in [5, 5.41) is 0.757. The zero-order chi connectivity index (χ0) is 19.7. The molecule has 0 bridgehead atoms. The van der Waals surface area contributed by atoms with Gasteiger partial charge in [0.1, 0.15) is 5.78 Å². The molecule has 0 unspecified atom stereocenters. The van der Waals surface area contributed by atoms with Crippen LogP contribution in [0.2, 0.25) is 5.02 Å². The third-order valence-corrected chi connectivity index (χ3v) is 9.97. The van der Waals surface area contributed by atoms with E-state index in [2.05, 4.69) is 68.1 Å². The third-order valence-electron chi connectivity index (χ3n) is 5.59. The molecule has 3 heterocycles. The minimum atomic E-state index is 0.0399. The highest BCUT2D eigenvalue weighted by atomic mass is 127. The number of aromatic nitrogens is 1. The average Bonchev–Trinajstić information content (AvgIpc) is 2.73. The molecule has 4 nitrogen and oxygen atoms in total. The Bertz CT molecular complexity index is 847. The molecule has 0 N–H and O–H groups in total. The number of benzene rings is 1. The van der Waals surface area contributed by atoms with Gasteiger partial charge in [0.2, 0.25) is 0 Å². The van der Waals surface area contributed by atoms with Crippen molar-refractivity contribution in [3.8, 4) is 0 Å². The Hall–Kier alpha value is 0.410. The van der Waals surface area contributed by atoms with Crippen LogP contribution in [0.5, 0.6) is 0 Å². The van der Waals surface area contributed by atoms with Crippen LogP contribution in [-0.2, 0) is 4.79 Å². The van der Waals surface area contributed by atoms with E-state index in [1.807, 2.05) is 36.7 Å². The first-order valence-electron chi connectivity index (χ1n) is 8.93. The number of hydrogen-bond donors (Lipinski definition) is 0. The lowest BCUT2D eigenvalue weighted by Gasteiger charge is -2.50. The van der Waals surface area contributed by atoms with Crippen LogP contribution in [0.1, 0.15) is 36.1 Å². The number of Topliss-reactive ketones (excluding diaryl/α,β-unsaturated/α-hetero) is 1. The maximum Gasteiger partial charge on any atom is 0.140 e. The summed E-state index contributed by atoms with van der Waals surface area (Å²) in [5.74, 6) is 0.409. The second-order valence-corrected chi connectivity index (χ2v) is 11.0. The summed E-state index contributed by atoms with van der Waals surface area (Å²) in [6.45, 7) is 0.769. The first-order chi connectivity index (χ1) is 13.6. The molecule has 4 rings (SSSR count). The number of hydrogen-bond acceptors (Lipinski definition) is 6. The van der Waals surface area contributed by atoms with Crippen LogP contribution in [0.3, 0.4) is 0 Å². The van der Waals surface area contributed by atoms with Crippen molar-refractivity contribution in [2.45, 2.75) is 31.0 Å². The summed E-state index contributed by atoms with van der Waals surface area (Å²) >= 11 is 11.0. The molecule has 2 aliphatic rings. The molecule has 0 spiro atoms. The number of pyridine rings is 1. The van der Waals surface area contributed by atoms with Crippen molar-refractivity contribution < 1.29 is 4.79 Å². The standard InChI is InChI=1S/C19H18ClI2N3OS2/c20-14-3-1-2-13(8-14)16-9-18-15(11-24(16)27-21)19(26)10-17(25(18)28-22)12-4-6-23-7-5-12/h1-8,15-18H,9-11H2/t15-,16+,17+,18+/m1/s1. The molecule has 0 radical (unpaired) electrons. The lowest BCUT2D eigenvalue weighted by Crippen LogP contribution is -2.55. The van der Waals surface area contributed by atoms with Gasteiger partial charge in [-0.15, -0.1) is 0 Å². The van der Waals surface area contributed by atoms with Gasteiger partial charge in [0.05, 0.1) is 6.04 Å². The fourth-order valence-electron chi connectivity index (χ4n) is 4.26. The minimum absolute atomic E-state index is 0.0399. The van der Waals surface area contributed by atoms with Crippen molar-refractivity contribution in [1.29, 1.82) is 0 Å². The fraction of sp³-hybridized carbons (Fsp3) is 0.368. The lowest BCUT2D eigenvalue weighted by molar-refractivity contribution is -0.131. The lowest BCUT2D eigenvalue weighted by atomic mass is 9.78. The third kappa shape index (κ3) is 4.38. The van der Waals surface area contributed by atoms with Crippen molar-refractivity contribution in [2.24, 2.45) is 5.92 Å². The normalized spacial score (nSPS) is 28.9. The summed E-state index contributed by atoms with van der Waals surface area (Å²) < 4.78 is 4.78. The second kappa shape index (κ2) is 9.69. The van der Waals surface area contributed by atoms with E-state index in [4.69, 9.17) is 11.6 Å². The van der Waals surface area contributed by atoms with E-state index in [1.54, 1.807) is 18.2 Å². The van der Waals surface area contributed by atoms with Crippen molar-refractivity contribution in [3.63, 3.8) is 0 Å². The molecule has 28 heavy (non-hydrogen) atoms. The monoisotopic (exact) mass is 657 g/mol. The fourth-order valence-corrected chi connectivity index (χ4v) is 8.61. The molecule has 2 saturated heterocycles. The van der Waals surface area contributed by atoms with E-state index in [0.29, 0.717) is 12.2 Å². The number of carbonyl (C=O) groups excluding carboxylic acids is 1. The number of rotatable bonds is 4. The molecule has 0 amide bonds. The predicted octanol–water partition coefficient (Wildman–Crippen LogP) is 6.48. The van der Waals surface area contributed by atoms with Gasteiger partial charge >= 0.3 is 0 Å². The number of carbonyl (C=O) groups is 1. The SMILES string of the molecule is O=C1C[C@@H](c2ccncc2)N(SI)[C@H]2C[C@@H](c3cccc(Cl)c3)N(SI)C[C@@H]12. The first kappa shape index (κ1) is 21.6. The maximum absolute atomic E-state index is 13.1. The summed E-state index contributed by atoms with van der Waals surface area (Å²) in [6, 6.07) is 12.7. The quantitative estimate of drug-likeness (QED) is 0.277. The van der Waals surface area contributed by atoms with Crippen LogP contribution in [0.15, 0.2) is 48.8 Å². The number of ketones is 1. The Morgan fingerprint density at radius 2 is 1.86 bits per heavy atom. The Morgan fingerprint density at radius 1 is 1.07 bits per heavy atom. The zero-order valence-corrected chi connectivity index (χ0v) is 21.5. The van der Waals surface area contributed by atoms with Gasteiger partial charge in [-0.2, -0.15) is 0 Å². The predicted molar refractivity (Wildman–Crippen MR) is 134 cm³/mol. The van der Waals surface area contributed by atoms with Gasteiger partial charge in [-0.1, -0.05) is 23.7 Å². The van der Waals surface area contributed by atoms with Crippen LogP contribution < -0.4 is 0 Å². The van der Waals surface area contributed by atoms with Crippen molar-refractivity contribution in [3.05, 3.63) is 64.9 Å². The topological polar surface area (TPSA) is 36.4 Å². The Balaban J connectivity index is 1.67. The first-order valence-corrected chi connectivity index (χ1v) is 15.9. The van der Waals surface area contributed by atoms with E-state index in [1.165, 1.54) is 5.56 Å². The molecule has 0 saturated carbocycles. The molecule has 0 aliphatic carbocycles. The highest BCUT2D eigenvalue weighted by molar-refractivity contribution is 14.2. The number of halogens is 3. The number of nitrogens with zero attached hydrogens (tertiary/aromatic N) is 3. The average molecular weight is 658 g/mol. The molecular formula is C19H18ClI2N3OS2. The number of piperidine rings is 2. The van der Waals surface area contributed by atoms with Gasteiger partial charge in [0.15, 0.2) is 0 Å². The summed E-state index contributed by atoms with van der Waals surface area (Å²) in [5.41, 5.74) is 2.38. The molecule has 2 aromatic rings. The van der Waals surface area contributed by atoms with Gasteiger partial charge in [-0.3, -0.25) is 9.78 Å². The summed E-state index contributed by atoms with van der Waals surface area (Å²) in [7, 11) is 3.41. The van der Waals surface area contributed by atoms with Gasteiger partial charge in [0.25, 0.3) is 0 Å². The van der Waals surface area contributed by atoms with Crippen molar-refractivity contribution in [1.82, 2.24) is 13.6 Å². The van der Waals surface area contributed by atoms with Crippen LogP contribution in [0.25, 0.3) is 0 Å². The van der Waals surface area contributed by atoms with Gasteiger partial charge in [-0.05, 0) is 60.1 Å². The molecular weight excluding hydrogens is 640 g/mol. The van der Waals surface area contributed by atoms with Crippen LogP contribution in [0.4, 0.5) is 0 Å². The van der Waals surface area contributed by atoms with E-state index in [0.717, 1.165) is 23.6 Å². The van der Waals surface area contributed by atoms with Crippen molar-refractivity contribution >= 4 is 78.0 Å². The number of fused-ring (bicyclic) bond motifs is 1. The Morgan fingerprint density at radius 3 is 2.54 bits per heavy atom. The maximum atomic E-state index is 13.1. The van der Waals surface area contributed by atoms with Crippen LogP contribution in [0, 0.1) is 5.92 Å². The smallest absolute Gasteiger partial charge is 0.140 e.